The molecule has 0 fully saturated rings. The molecule has 2 aromatic carbocycles. The van der Waals surface area contributed by atoms with Crippen LogP contribution in [0.5, 0.6) is 17.2 Å². The Hall–Kier alpha value is -3.55. The topological polar surface area (TPSA) is 109 Å². The summed E-state index contributed by atoms with van der Waals surface area (Å²) in [7, 11) is 2.97. The fraction of sp³-hybridized carbons (Fsp3) is 0.167. The van der Waals surface area contributed by atoms with E-state index < -0.39 is 18.5 Å². The number of hydrogen-bond donors (Lipinski definition) is 1. The maximum atomic E-state index is 12.2. The summed E-state index contributed by atoms with van der Waals surface area (Å²) < 4.78 is 15.3. The van der Waals surface area contributed by atoms with Gasteiger partial charge in [-0.15, -0.1) is 0 Å². The summed E-state index contributed by atoms with van der Waals surface area (Å²) in [6.07, 6.45) is 1.35. The number of hydrogen-bond acceptors (Lipinski definition) is 7. The summed E-state index contributed by atoms with van der Waals surface area (Å²) in [6.45, 7) is -0.583. The van der Waals surface area contributed by atoms with Gasteiger partial charge in [0.15, 0.2) is 0 Å². The molecule has 2 aromatic rings. The van der Waals surface area contributed by atoms with Gasteiger partial charge in [0, 0.05) is 17.2 Å². The van der Waals surface area contributed by atoms with E-state index in [0.29, 0.717) is 28.4 Å². The number of carbonyl (C=O) groups excluding carboxylic acids is 2. The quantitative estimate of drug-likeness (QED) is 0.547. The first-order valence-corrected chi connectivity index (χ1v) is 7.51. The number of nitrogens with one attached hydrogen (secondary N) is 1. The van der Waals surface area contributed by atoms with Crippen LogP contribution in [0, 0.1) is 0 Å². The molecule has 136 valence electrons. The molecule has 0 radical (unpaired) electrons. The third-order valence-electron chi connectivity index (χ3n) is 3.25. The summed E-state index contributed by atoms with van der Waals surface area (Å²) in [5.41, 5.74) is 3.18. The summed E-state index contributed by atoms with van der Waals surface area (Å²) in [5, 5.41) is 14.4. The van der Waals surface area contributed by atoms with E-state index in [1.54, 1.807) is 42.5 Å². The van der Waals surface area contributed by atoms with Crippen LogP contribution in [-0.2, 0) is 4.79 Å². The van der Waals surface area contributed by atoms with E-state index in [9.17, 15) is 14.7 Å². The van der Waals surface area contributed by atoms with Crippen LogP contribution in [0.25, 0.3) is 0 Å². The fourth-order valence-electron chi connectivity index (χ4n) is 2.02. The first-order chi connectivity index (χ1) is 12.5. The molecule has 8 heteroatoms. The molecule has 26 heavy (non-hydrogen) atoms. The number of carboxylic acid groups (broad SMARTS) is 1. The molecule has 0 aliphatic carbocycles. The third-order valence-corrected chi connectivity index (χ3v) is 3.25. The van der Waals surface area contributed by atoms with Gasteiger partial charge in [-0.3, -0.25) is 4.79 Å². The molecule has 1 amide bonds. The van der Waals surface area contributed by atoms with Gasteiger partial charge in [0.05, 0.1) is 26.4 Å². The predicted molar refractivity (Wildman–Crippen MR) is 91.6 cm³/mol. The van der Waals surface area contributed by atoms with Crippen molar-refractivity contribution in [1.82, 2.24) is 5.43 Å². The lowest BCUT2D eigenvalue weighted by Crippen LogP contribution is -2.29. The van der Waals surface area contributed by atoms with Crippen LogP contribution in [-0.4, -0.2) is 38.9 Å². The highest BCUT2D eigenvalue weighted by molar-refractivity contribution is 5.96. The number of carbonyl (C=O) groups is 2. The van der Waals surface area contributed by atoms with E-state index in [-0.39, 0.29) is 0 Å². The molecule has 0 saturated carbocycles. The summed E-state index contributed by atoms with van der Waals surface area (Å²) in [6, 6.07) is 11.4. The fourth-order valence-corrected chi connectivity index (χ4v) is 2.02. The van der Waals surface area contributed by atoms with E-state index in [4.69, 9.17) is 14.2 Å². The van der Waals surface area contributed by atoms with Gasteiger partial charge in [0.25, 0.3) is 5.91 Å². The van der Waals surface area contributed by atoms with Crippen LogP contribution in [0.4, 0.5) is 0 Å². The highest BCUT2D eigenvalue weighted by Crippen LogP contribution is 2.22. The molecule has 1 N–H and O–H groups in total. The Morgan fingerprint density at radius 2 is 1.77 bits per heavy atom. The zero-order chi connectivity index (χ0) is 18.9. The Labute approximate surface area is 150 Å². The van der Waals surface area contributed by atoms with Crippen molar-refractivity contribution in [2.45, 2.75) is 0 Å². The minimum absolute atomic E-state index is 0.303. The van der Waals surface area contributed by atoms with E-state index in [1.807, 2.05) is 0 Å². The first kappa shape index (κ1) is 18.8. The smallest absolute Gasteiger partial charge is 0.271 e. The number of aliphatic carboxylic acids is 1. The molecule has 0 saturated heterocycles. The number of nitrogens with zero attached hydrogens (tertiary/aromatic N) is 1. The van der Waals surface area contributed by atoms with Gasteiger partial charge in [-0.2, -0.15) is 5.10 Å². The second kappa shape index (κ2) is 9.07. The zero-order valence-corrected chi connectivity index (χ0v) is 14.2. The standard InChI is InChI=1S/C18H18N2O6/c1-24-14-7-13(8-15(9-14)25-2)18(23)20-19-10-12-5-3-4-6-16(12)26-11-17(21)22/h3-10H,11H2,1-2H3,(H,20,23)(H,21,22)/p-1/b19-10-. The van der Waals surface area contributed by atoms with E-state index in [1.165, 1.54) is 20.4 Å². The van der Waals surface area contributed by atoms with Gasteiger partial charge in [0.1, 0.15) is 23.9 Å². The monoisotopic (exact) mass is 357 g/mol. The molecule has 2 rings (SSSR count). The normalized spacial score (nSPS) is 10.4. The van der Waals surface area contributed by atoms with Crippen LogP contribution < -0.4 is 24.7 Å². The molecule has 0 aromatic heterocycles. The number of rotatable bonds is 8. The second-order valence-electron chi connectivity index (χ2n) is 5.00. The number of methoxy groups -OCH3 is 2. The number of benzene rings is 2. The Bertz CT molecular complexity index is 797. The van der Waals surface area contributed by atoms with E-state index in [2.05, 4.69) is 10.5 Å². The first-order valence-electron chi connectivity index (χ1n) is 7.51. The van der Waals surface area contributed by atoms with Gasteiger partial charge < -0.3 is 24.1 Å². The summed E-state index contributed by atoms with van der Waals surface area (Å²) >= 11 is 0. The Morgan fingerprint density at radius 1 is 1.12 bits per heavy atom. The van der Waals surface area contributed by atoms with Crippen molar-refractivity contribution in [2.75, 3.05) is 20.8 Å². The zero-order valence-electron chi connectivity index (χ0n) is 14.2. The molecule has 0 heterocycles. The Morgan fingerprint density at radius 3 is 2.38 bits per heavy atom. The average molecular weight is 357 g/mol. The largest absolute Gasteiger partial charge is 0.546 e. The van der Waals surface area contributed by atoms with Crippen molar-refractivity contribution in [1.29, 1.82) is 0 Å². The highest BCUT2D eigenvalue weighted by atomic mass is 16.5. The molecule has 0 bridgehead atoms. The molecule has 0 aliphatic rings. The van der Waals surface area contributed by atoms with Crippen LogP contribution in [0.15, 0.2) is 47.6 Å². The summed E-state index contributed by atoms with van der Waals surface area (Å²) in [4.78, 5) is 22.7. The molecule has 0 unspecified atom stereocenters. The van der Waals surface area contributed by atoms with Crippen LogP contribution >= 0.6 is 0 Å². The van der Waals surface area contributed by atoms with Gasteiger partial charge >= 0.3 is 0 Å². The lowest BCUT2D eigenvalue weighted by Gasteiger charge is -2.09. The van der Waals surface area contributed by atoms with Gasteiger partial charge in [-0.25, -0.2) is 5.43 Å². The molecule has 0 spiro atoms. The Balaban J connectivity index is 2.09. The minimum Gasteiger partial charge on any atom is -0.546 e. The van der Waals surface area contributed by atoms with E-state index in [0.717, 1.165) is 0 Å². The second-order valence-corrected chi connectivity index (χ2v) is 5.00. The molecule has 0 aliphatic heterocycles. The average Bonchev–Trinajstić information content (AvgIpc) is 2.66. The van der Waals surface area contributed by atoms with Gasteiger partial charge in [-0.1, -0.05) is 12.1 Å². The van der Waals surface area contributed by atoms with Crippen molar-refractivity contribution >= 4 is 18.1 Å². The van der Waals surface area contributed by atoms with Crippen molar-refractivity contribution in [3.63, 3.8) is 0 Å². The van der Waals surface area contributed by atoms with Crippen molar-refractivity contribution < 1.29 is 28.9 Å². The minimum atomic E-state index is -1.34. The molecule has 8 nitrogen and oxygen atoms in total. The number of carboxylic acids is 1. The number of para-hydroxylation sites is 1. The number of ether oxygens (including phenoxy) is 3. The van der Waals surface area contributed by atoms with Crippen molar-refractivity contribution in [3.8, 4) is 17.2 Å². The van der Waals surface area contributed by atoms with E-state index >= 15 is 0 Å². The molecular formula is C18H17N2O6-. The van der Waals surface area contributed by atoms with Gasteiger partial charge in [0.2, 0.25) is 0 Å². The van der Waals surface area contributed by atoms with Crippen molar-refractivity contribution in [2.24, 2.45) is 5.10 Å². The number of hydrazone groups is 1. The predicted octanol–water partition coefficient (Wildman–Crippen LogP) is 0.596. The number of amides is 1. The molecule has 0 atom stereocenters. The van der Waals surface area contributed by atoms with Crippen LogP contribution in [0.2, 0.25) is 0 Å². The maximum Gasteiger partial charge on any atom is 0.271 e. The highest BCUT2D eigenvalue weighted by Gasteiger charge is 2.09. The van der Waals surface area contributed by atoms with Gasteiger partial charge in [-0.05, 0) is 24.3 Å². The van der Waals surface area contributed by atoms with Crippen LogP contribution in [0.1, 0.15) is 15.9 Å². The van der Waals surface area contributed by atoms with Crippen molar-refractivity contribution in [3.05, 3.63) is 53.6 Å². The lowest BCUT2D eigenvalue weighted by molar-refractivity contribution is -0.307. The maximum absolute atomic E-state index is 12.2. The SMILES string of the molecule is COc1cc(OC)cc(C(=O)N/N=C\c2ccccc2OCC(=O)[O-])c1. The third kappa shape index (κ3) is 5.23. The molecular weight excluding hydrogens is 340 g/mol. The lowest BCUT2D eigenvalue weighted by atomic mass is 10.2. The van der Waals surface area contributed by atoms with Crippen LogP contribution in [0.3, 0.4) is 0 Å². The Kier molecular flexibility index (Phi) is 6.55. The summed E-state index contributed by atoms with van der Waals surface area (Å²) in [5.74, 6) is -0.555.